The summed E-state index contributed by atoms with van der Waals surface area (Å²) < 4.78 is 5.68. The minimum atomic E-state index is -0.833. The van der Waals surface area contributed by atoms with E-state index in [9.17, 15) is 4.79 Å². The van der Waals surface area contributed by atoms with Crippen molar-refractivity contribution < 1.29 is 14.6 Å². The summed E-state index contributed by atoms with van der Waals surface area (Å²) in [4.78, 5) is 10.6. The van der Waals surface area contributed by atoms with Gasteiger partial charge in [0.05, 0.1) is 6.10 Å². The van der Waals surface area contributed by atoms with E-state index in [0.29, 0.717) is 23.7 Å². The summed E-state index contributed by atoms with van der Waals surface area (Å²) in [7, 11) is 0. The van der Waals surface area contributed by atoms with Gasteiger partial charge in [-0.05, 0) is 44.0 Å². The number of halogens is 1. The number of aliphatic carboxylic acids is 1. The highest BCUT2D eigenvalue weighted by atomic mass is 35.5. The second-order valence-electron chi connectivity index (χ2n) is 4.32. The lowest BCUT2D eigenvalue weighted by molar-refractivity contribution is -0.138. The maximum absolute atomic E-state index is 10.6. The molecule has 1 aromatic carbocycles. The van der Waals surface area contributed by atoms with E-state index in [1.165, 1.54) is 0 Å². The monoisotopic (exact) mass is 271 g/mol. The van der Waals surface area contributed by atoms with Crippen molar-refractivity contribution in [2.24, 2.45) is 11.7 Å². The first-order valence-corrected chi connectivity index (χ1v) is 6.23. The lowest BCUT2D eigenvalue weighted by atomic mass is 9.99. The predicted molar refractivity (Wildman–Crippen MR) is 71.0 cm³/mol. The number of ether oxygens (including phenoxy) is 1. The van der Waals surface area contributed by atoms with Gasteiger partial charge in [0.15, 0.2) is 0 Å². The minimum absolute atomic E-state index is 0.0692. The highest BCUT2D eigenvalue weighted by molar-refractivity contribution is 6.30. The van der Waals surface area contributed by atoms with Crippen molar-refractivity contribution in [1.82, 2.24) is 0 Å². The van der Waals surface area contributed by atoms with Crippen LogP contribution in [-0.4, -0.2) is 23.7 Å². The van der Waals surface area contributed by atoms with Crippen LogP contribution in [0.2, 0.25) is 5.02 Å². The standard InChI is InChI=1S/C13H18ClNO3/c1-9(5-10(8-15)6-13(16)17)18-12-4-2-3-11(14)7-12/h2-4,7,9-10H,5-6,8,15H2,1H3,(H,16,17). The molecule has 2 unspecified atom stereocenters. The highest BCUT2D eigenvalue weighted by Gasteiger charge is 2.16. The zero-order chi connectivity index (χ0) is 13.5. The second kappa shape index (κ2) is 7.24. The smallest absolute Gasteiger partial charge is 0.303 e. The van der Waals surface area contributed by atoms with Crippen LogP contribution in [0.4, 0.5) is 0 Å². The maximum atomic E-state index is 10.6. The molecule has 0 amide bonds. The van der Waals surface area contributed by atoms with Crippen LogP contribution in [0.3, 0.4) is 0 Å². The number of benzene rings is 1. The molecule has 0 radical (unpaired) electrons. The summed E-state index contributed by atoms with van der Waals surface area (Å²) in [6.07, 6.45) is 0.575. The molecule has 2 atom stereocenters. The molecule has 0 aliphatic heterocycles. The first-order valence-electron chi connectivity index (χ1n) is 5.85. The van der Waals surface area contributed by atoms with Crippen molar-refractivity contribution in [3.8, 4) is 5.75 Å². The Bertz CT molecular complexity index is 398. The van der Waals surface area contributed by atoms with Gasteiger partial charge in [0.1, 0.15) is 5.75 Å². The van der Waals surface area contributed by atoms with Crippen LogP contribution in [0.1, 0.15) is 19.8 Å². The third-order valence-electron chi connectivity index (χ3n) is 2.60. The van der Waals surface area contributed by atoms with Gasteiger partial charge < -0.3 is 15.6 Å². The van der Waals surface area contributed by atoms with Gasteiger partial charge in [0, 0.05) is 11.4 Å². The molecule has 100 valence electrons. The van der Waals surface area contributed by atoms with Crippen molar-refractivity contribution in [2.45, 2.75) is 25.9 Å². The average Bonchev–Trinajstić information content (AvgIpc) is 2.27. The number of nitrogens with two attached hydrogens (primary N) is 1. The first kappa shape index (κ1) is 14.8. The van der Waals surface area contributed by atoms with E-state index < -0.39 is 5.97 Å². The number of carbonyl (C=O) groups is 1. The number of carboxylic acid groups (broad SMARTS) is 1. The molecule has 0 aliphatic rings. The Morgan fingerprint density at radius 2 is 2.28 bits per heavy atom. The second-order valence-corrected chi connectivity index (χ2v) is 4.76. The molecular weight excluding hydrogens is 254 g/mol. The summed E-state index contributed by atoms with van der Waals surface area (Å²) in [6.45, 7) is 2.24. The van der Waals surface area contributed by atoms with Crippen molar-refractivity contribution >= 4 is 17.6 Å². The molecule has 1 aromatic rings. The van der Waals surface area contributed by atoms with Gasteiger partial charge in [-0.1, -0.05) is 17.7 Å². The third-order valence-corrected chi connectivity index (χ3v) is 2.83. The molecule has 0 spiro atoms. The number of hydrogen-bond acceptors (Lipinski definition) is 3. The Hall–Kier alpha value is -1.26. The van der Waals surface area contributed by atoms with Crippen LogP contribution >= 0.6 is 11.6 Å². The Kier molecular flexibility index (Phi) is 5.95. The summed E-state index contributed by atoms with van der Waals surface area (Å²) in [5, 5.41) is 9.35. The van der Waals surface area contributed by atoms with Gasteiger partial charge in [-0.2, -0.15) is 0 Å². The molecule has 4 nitrogen and oxygen atoms in total. The largest absolute Gasteiger partial charge is 0.491 e. The zero-order valence-electron chi connectivity index (χ0n) is 10.3. The van der Waals surface area contributed by atoms with E-state index in [4.69, 9.17) is 27.2 Å². The van der Waals surface area contributed by atoms with Crippen LogP contribution in [0.15, 0.2) is 24.3 Å². The molecule has 18 heavy (non-hydrogen) atoms. The van der Waals surface area contributed by atoms with Gasteiger partial charge >= 0.3 is 5.97 Å². The molecular formula is C13H18ClNO3. The molecule has 0 saturated carbocycles. The van der Waals surface area contributed by atoms with Gasteiger partial charge in [-0.25, -0.2) is 0 Å². The van der Waals surface area contributed by atoms with E-state index >= 15 is 0 Å². The summed E-state index contributed by atoms with van der Waals surface area (Å²) >= 11 is 5.85. The van der Waals surface area contributed by atoms with Crippen LogP contribution in [-0.2, 0) is 4.79 Å². The minimum Gasteiger partial charge on any atom is -0.491 e. The molecule has 1 rings (SSSR count). The van der Waals surface area contributed by atoms with E-state index in [1.54, 1.807) is 12.1 Å². The van der Waals surface area contributed by atoms with Crippen molar-refractivity contribution in [3.05, 3.63) is 29.3 Å². The fourth-order valence-electron chi connectivity index (χ4n) is 1.80. The molecule has 5 heteroatoms. The van der Waals surface area contributed by atoms with Crippen molar-refractivity contribution in [1.29, 1.82) is 0 Å². The summed E-state index contributed by atoms with van der Waals surface area (Å²) in [5.41, 5.74) is 5.55. The van der Waals surface area contributed by atoms with E-state index in [-0.39, 0.29) is 18.4 Å². The lowest BCUT2D eigenvalue weighted by Gasteiger charge is -2.19. The molecule has 0 heterocycles. The van der Waals surface area contributed by atoms with Crippen LogP contribution < -0.4 is 10.5 Å². The van der Waals surface area contributed by atoms with E-state index in [2.05, 4.69) is 0 Å². The molecule has 0 aliphatic carbocycles. The fraction of sp³-hybridized carbons (Fsp3) is 0.462. The number of rotatable bonds is 7. The van der Waals surface area contributed by atoms with E-state index in [0.717, 1.165) is 0 Å². The zero-order valence-corrected chi connectivity index (χ0v) is 11.1. The van der Waals surface area contributed by atoms with E-state index in [1.807, 2.05) is 19.1 Å². The quantitative estimate of drug-likeness (QED) is 0.799. The van der Waals surface area contributed by atoms with Crippen LogP contribution in [0.5, 0.6) is 5.75 Å². The topological polar surface area (TPSA) is 72.6 Å². The molecule has 3 N–H and O–H groups in total. The first-order chi connectivity index (χ1) is 8.51. The van der Waals surface area contributed by atoms with Gasteiger partial charge in [-0.15, -0.1) is 0 Å². The average molecular weight is 272 g/mol. The van der Waals surface area contributed by atoms with Gasteiger partial charge in [0.2, 0.25) is 0 Å². The molecule has 0 bridgehead atoms. The predicted octanol–water partition coefficient (Wildman–Crippen LogP) is 2.55. The lowest BCUT2D eigenvalue weighted by Crippen LogP contribution is -2.24. The van der Waals surface area contributed by atoms with Crippen molar-refractivity contribution in [3.63, 3.8) is 0 Å². The number of carboxylic acids is 1. The Morgan fingerprint density at radius 1 is 1.56 bits per heavy atom. The molecule has 0 aromatic heterocycles. The highest BCUT2D eigenvalue weighted by Crippen LogP contribution is 2.20. The molecule has 0 fully saturated rings. The molecule has 0 saturated heterocycles. The SMILES string of the molecule is CC(CC(CN)CC(=O)O)Oc1cccc(Cl)c1. The van der Waals surface area contributed by atoms with Crippen LogP contribution in [0, 0.1) is 5.92 Å². The van der Waals surface area contributed by atoms with Crippen LogP contribution in [0.25, 0.3) is 0 Å². The normalized spacial score (nSPS) is 13.9. The van der Waals surface area contributed by atoms with Crippen molar-refractivity contribution in [2.75, 3.05) is 6.54 Å². The number of hydrogen-bond donors (Lipinski definition) is 2. The Morgan fingerprint density at radius 3 is 2.83 bits per heavy atom. The fourth-order valence-corrected chi connectivity index (χ4v) is 1.98. The third kappa shape index (κ3) is 5.38. The van der Waals surface area contributed by atoms with Gasteiger partial charge in [-0.3, -0.25) is 4.79 Å². The maximum Gasteiger partial charge on any atom is 0.303 e. The van der Waals surface area contributed by atoms with Gasteiger partial charge in [0.25, 0.3) is 0 Å². The summed E-state index contributed by atoms with van der Waals surface area (Å²) in [6, 6.07) is 7.12. The Labute approximate surface area is 112 Å². The summed E-state index contributed by atoms with van der Waals surface area (Å²) in [5.74, 6) is -0.224. The Balaban J connectivity index is 2.49.